The maximum absolute atomic E-state index is 12.8. The first-order valence-corrected chi connectivity index (χ1v) is 9.39. The molecule has 0 spiro atoms. The lowest BCUT2D eigenvalue weighted by Crippen LogP contribution is -2.15. The lowest BCUT2D eigenvalue weighted by atomic mass is 9.87. The van der Waals surface area contributed by atoms with Crippen LogP contribution < -0.4 is 5.32 Å². The molecule has 0 heterocycles. The second-order valence-electron chi connectivity index (χ2n) is 8.28. The van der Waals surface area contributed by atoms with Crippen LogP contribution in [0.1, 0.15) is 72.6 Å². The largest absolute Gasteiger partial charge is 0.322 e. The van der Waals surface area contributed by atoms with E-state index in [2.05, 4.69) is 50.4 Å². The number of nitrogens with one attached hydrogen (secondary N) is 1. The van der Waals surface area contributed by atoms with E-state index in [0.717, 1.165) is 29.7 Å². The number of aryl methyl sites for hydroxylation is 3. The van der Waals surface area contributed by atoms with Crippen LogP contribution in [0.3, 0.4) is 0 Å². The fourth-order valence-corrected chi connectivity index (χ4v) is 3.58. The molecule has 0 bridgehead atoms. The molecule has 2 aromatic rings. The summed E-state index contributed by atoms with van der Waals surface area (Å²) >= 11 is 0. The van der Waals surface area contributed by atoms with Gasteiger partial charge in [0.2, 0.25) is 0 Å². The summed E-state index contributed by atoms with van der Waals surface area (Å²) in [4.78, 5) is 12.8. The molecule has 2 aromatic carbocycles. The minimum Gasteiger partial charge on any atom is -0.322 e. The van der Waals surface area contributed by atoms with E-state index < -0.39 is 0 Å². The van der Waals surface area contributed by atoms with E-state index >= 15 is 0 Å². The van der Waals surface area contributed by atoms with Crippen molar-refractivity contribution in [2.75, 3.05) is 5.32 Å². The highest BCUT2D eigenvalue weighted by Crippen LogP contribution is 2.26. The molecule has 0 saturated heterocycles. The Morgan fingerprint density at radius 3 is 2.12 bits per heavy atom. The Balaban J connectivity index is 1.80. The van der Waals surface area contributed by atoms with Crippen molar-refractivity contribution in [3.8, 4) is 0 Å². The summed E-state index contributed by atoms with van der Waals surface area (Å²) in [6.45, 7) is 8.63. The van der Waals surface area contributed by atoms with Crippen molar-refractivity contribution in [3.05, 3.63) is 64.2 Å². The fraction of sp³-hybridized carbons (Fsp3) is 0.435. The van der Waals surface area contributed by atoms with Crippen LogP contribution in [0.25, 0.3) is 0 Å². The molecular weight excluding hydrogens is 306 g/mol. The van der Waals surface area contributed by atoms with Gasteiger partial charge in [0.15, 0.2) is 0 Å². The van der Waals surface area contributed by atoms with Gasteiger partial charge in [-0.05, 0) is 78.5 Å². The Labute approximate surface area is 151 Å². The summed E-state index contributed by atoms with van der Waals surface area (Å²) in [5.41, 5.74) is 6.91. The van der Waals surface area contributed by atoms with Gasteiger partial charge in [0.25, 0.3) is 5.91 Å². The summed E-state index contributed by atoms with van der Waals surface area (Å²) in [5.74, 6) is -0.00643. The molecule has 25 heavy (non-hydrogen) atoms. The summed E-state index contributed by atoms with van der Waals surface area (Å²) in [6, 6.07) is 12.5. The highest BCUT2D eigenvalue weighted by atomic mass is 16.1. The predicted octanol–water partition coefficient (Wildman–Crippen LogP) is 5.81. The zero-order chi connectivity index (χ0) is 18.0. The number of fused-ring (bicyclic) bond motifs is 1. The number of hydrogen-bond donors (Lipinski definition) is 1. The van der Waals surface area contributed by atoms with Crippen molar-refractivity contribution in [3.63, 3.8) is 0 Å². The molecule has 1 aliphatic carbocycles. The average molecular weight is 335 g/mol. The summed E-state index contributed by atoms with van der Waals surface area (Å²) < 4.78 is 0. The molecule has 0 radical (unpaired) electrons. The van der Waals surface area contributed by atoms with E-state index in [1.54, 1.807) is 0 Å². The number of anilines is 1. The average Bonchev–Trinajstić information content (AvgIpc) is 2.78. The van der Waals surface area contributed by atoms with Gasteiger partial charge in [-0.25, -0.2) is 0 Å². The Hall–Kier alpha value is -2.09. The first kappa shape index (κ1) is 17.7. The number of amides is 1. The van der Waals surface area contributed by atoms with Crippen molar-refractivity contribution in [1.82, 2.24) is 0 Å². The smallest absolute Gasteiger partial charge is 0.255 e. The quantitative estimate of drug-likeness (QED) is 0.689. The highest BCUT2D eigenvalue weighted by molar-refractivity contribution is 6.05. The van der Waals surface area contributed by atoms with Crippen LogP contribution in [0.4, 0.5) is 5.69 Å². The van der Waals surface area contributed by atoms with Gasteiger partial charge in [-0.2, -0.15) is 0 Å². The maximum Gasteiger partial charge on any atom is 0.255 e. The summed E-state index contributed by atoms with van der Waals surface area (Å²) in [7, 11) is 0. The van der Waals surface area contributed by atoms with Crippen LogP contribution in [0.15, 0.2) is 36.4 Å². The zero-order valence-corrected chi connectivity index (χ0v) is 15.9. The SMILES string of the molecule is Cc1cc2c(cc1C(=O)Nc1ccc(C(C)(C)C)cc1)CCCCC2. The Kier molecular flexibility index (Phi) is 4.99. The molecule has 132 valence electrons. The van der Waals surface area contributed by atoms with Gasteiger partial charge >= 0.3 is 0 Å². The third kappa shape index (κ3) is 4.12. The minimum absolute atomic E-state index is 0.00643. The lowest BCUT2D eigenvalue weighted by Gasteiger charge is -2.19. The van der Waals surface area contributed by atoms with E-state index in [4.69, 9.17) is 0 Å². The van der Waals surface area contributed by atoms with Crippen LogP contribution in [0, 0.1) is 6.92 Å². The standard InChI is InChI=1S/C23H29NO/c1-16-14-17-8-6-5-7-9-18(17)15-21(16)22(25)24-20-12-10-19(11-13-20)23(2,3)4/h10-15H,5-9H2,1-4H3,(H,24,25). The van der Waals surface area contributed by atoms with E-state index in [1.165, 1.54) is 36.0 Å². The van der Waals surface area contributed by atoms with Crippen molar-refractivity contribution in [2.24, 2.45) is 0 Å². The molecule has 1 aliphatic rings. The van der Waals surface area contributed by atoms with Gasteiger partial charge < -0.3 is 5.32 Å². The predicted molar refractivity (Wildman–Crippen MR) is 106 cm³/mol. The minimum atomic E-state index is -0.00643. The highest BCUT2D eigenvalue weighted by Gasteiger charge is 2.16. The monoisotopic (exact) mass is 335 g/mol. The van der Waals surface area contributed by atoms with Crippen molar-refractivity contribution in [1.29, 1.82) is 0 Å². The fourth-order valence-electron chi connectivity index (χ4n) is 3.58. The molecule has 1 amide bonds. The van der Waals surface area contributed by atoms with Crippen LogP contribution >= 0.6 is 0 Å². The first-order valence-electron chi connectivity index (χ1n) is 9.39. The number of rotatable bonds is 2. The molecule has 0 atom stereocenters. The Morgan fingerprint density at radius 1 is 0.920 bits per heavy atom. The second kappa shape index (κ2) is 7.03. The van der Waals surface area contributed by atoms with Gasteiger partial charge in [0, 0.05) is 11.3 Å². The van der Waals surface area contributed by atoms with Crippen molar-refractivity contribution < 1.29 is 4.79 Å². The normalized spacial score (nSPS) is 14.6. The van der Waals surface area contributed by atoms with Gasteiger partial charge in [-0.1, -0.05) is 45.4 Å². The molecule has 2 nitrogen and oxygen atoms in total. The van der Waals surface area contributed by atoms with Crippen molar-refractivity contribution in [2.45, 2.75) is 65.2 Å². The van der Waals surface area contributed by atoms with Crippen LogP contribution in [-0.4, -0.2) is 5.91 Å². The van der Waals surface area contributed by atoms with Crippen LogP contribution in [0.2, 0.25) is 0 Å². The molecule has 1 N–H and O–H groups in total. The van der Waals surface area contributed by atoms with Crippen LogP contribution in [0.5, 0.6) is 0 Å². The molecule has 2 heteroatoms. The topological polar surface area (TPSA) is 29.1 Å². The maximum atomic E-state index is 12.8. The van der Waals surface area contributed by atoms with E-state index in [0.29, 0.717) is 0 Å². The number of benzene rings is 2. The molecule has 0 unspecified atom stereocenters. The molecule has 0 aromatic heterocycles. The Bertz CT molecular complexity index is 766. The lowest BCUT2D eigenvalue weighted by molar-refractivity contribution is 0.102. The van der Waals surface area contributed by atoms with E-state index in [9.17, 15) is 4.79 Å². The zero-order valence-electron chi connectivity index (χ0n) is 15.9. The van der Waals surface area contributed by atoms with Crippen LogP contribution in [-0.2, 0) is 18.3 Å². The summed E-state index contributed by atoms with van der Waals surface area (Å²) in [5, 5.41) is 3.06. The molecule has 0 fully saturated rings. The van der Waals surface area contributed by atoms with Crippen molar-refractivity contribution >= 4 is 11.6 Å². The third-order valence-electron chi connectivity index (χ3n) is 5.19. The molecule has 3 rings (SSSR count). The van der Waals surface area contributed by atoms with Gasteiger partial charge in [0.1, 0.15) is 0 Å². The Morgan fingerprint density at radius 2 is 1.52 bits per heavy atom. The number of carbonyl (C=O) groups excluding carboxylic acids is 1. The molecule has 0 saturated carbocycles. The van der Waals surface area contributed by atoms with Gasteiger partial charge in [-0.3, -0.25) is 4.79 Å². The summed E-state index contributed by atoms with van der Waals surface area (Å²) in [6.07, 6.45) is 6.02. The molecular formula is C23H29NO. The number of hydrogen-bond acceptors (Lipinski definition) is 1. The number of carbonyl (C=O) groups is 1. The van der Waals surface area contributed by atoms with Gasteiger partial charge in [0.05, 0.1) is 0 Å². The second-order valence-corrected chi connectivity index (χ2v) is 8.28. The molecule has 0 aliphatic heterocycles. The third-order valence-corrected chi connectivity index (χ3v) is 5.19. The first-order chi connectivity index (χ1) is 11.8. The van der Waals surface area contributed by atoms with E-state index in [-0.39, 0.29) is 11.3 Å². The van der Waals surface area contributed by atoms with E-state index in [1.807, 2.05) is 19.1 Å². The van der Waals surface area contributed by atoms with Gasteiger partial charge in [-0.15, -0.1) is 0 Å².